The molecule has 0 saturated carbocycles. The number of hydrogen-bond donors (Lipinski definition) is 13. The number of phenolic OH excluding ortho intramolecular Hbond substituents is 1. The number of rotatable bonds is 30. The third-order valence-corrected chi connectivity index (χ3v) is 17.2. The Balaban J connectivity index is 0.947. The first kappa shape index (κ1) is 71.4. The van der Waals surface area contributed by atoms with Crippen molar-refractivity contribution in [2.75, 3.05) is 26.2 Å². The Morgan fingerprint density at radius 3 is 1.96 bits per heavy atom. The second-order valence-corrected chi connectivity index (χ2v) is 25.2. The van der Waals surface area contributed by atoms with Crippen molar-refractivity contribution >= 4 is 110 Å². The summed E-state index contributed by atoms with van der Waals surface area (Å²) >= 11 is 5.40. The van der Waals surface area contributed by atoms with Gasteiger partial charge in [-0.2, -0.15) is 8.78 Å². The van der Waals surface area contributed by atoms with Crippen LogP contribution in [-0.4, -0.2) is 124 Å². The van der Waals surface area contributed by atoms with Crippen LogP contribution in [0.5, 0.6) is 5.75 Å². The summed E-state index contributed by atoms with van der Waals surface area (Å²) in [6.07, 6.45) is -0.364. The predicted octanol–water partition coefficient (Wildman–Crippen LogP) is 5.43. The molecule has 0 unspecified atom stereocenters. The highest BCUT2D eigenvalue weighted by molar-refractivity contribution is 14.1. The Labute approximate surface area is 551 Å². The Hall–Kier alpha value is -9.00. The van der Waals surface area contributed by atoms with Crippen molar-refractivity contribution in [2.45, 2.75) is 81.7 Å². The number of carbonyl (C=O) groups is 9. The third kappa shape index (κ3) is 19.1. The molecule has 4 atom stereocenters. The summed E-state index contributed by atoms with van der Waals surface area (Å²) in [4.78, 5) is 151. The summed E-state index contributed by atoms with van der Waals surface area (Å²) in [5, 5.41) is 39.0. The van der Waals surface area contributed by atoms with Crippen molar-refractivity contribution < 1.29 is 80.9 Å². The Morgan fingerprint density at radius 2 is 1.30 bits per heavy atom. The molecule has 93 heavy (non-hydrogen) atoms. The highest BCUT2D eigenvalue weighted by Gasteiger charge is 2.50. The molecule has 0 aromatic heterocycles. The first-order chi connectivity index (χ1) is 44.0. The molecule has 8 amide bonds. The lowest BCUT2D eigenvalue weighted by atomic mass is 9.90. The fourth-order valence-electron chi connectivity index (χ4n) is 9.70. The number of primary amides is 1. The molecule has 0 spiro atoms. The van der Waals surface area contributed by atoms with E-state index in [4.69, 9.17) is 15.9 Å². The van der Waals surface area contributed by atoms with E-state index in [1.165, 1.54) is 60.7 Å². The van der Waals surface area contributed by atoms with Gasteiger partial charge in [0, 0.05) is 98.0 Å². The van der Waals surface area contributed by atoms with Crippen molar-refractivity contribution in [3.8, 4) is 28.2 Å². The number of alkyl halides is 2. The number of carboxylic acids is 1. The highest BCUT2D eigenvalue weighted by Crippen LogP contribution is 2.59. The van der Waals surface area contributed by atoms with Crippen molar-refractivity contribution in [3.05, 3.63) is 179 Å². The van der Waals surface area contributed by atoms with Crippen LogP contribution in [0.1, 0.15) is 96.6 Å². The molecule has 0 fully saturated rings. The lowest BCUT2D eigenvalue weighted by molar-refractivity contribution is -0.132. The normalized spacial score (nSPS) is 12.8. The van der Waals surface area contributed by atoms with Crippen LogP contribution < -0.4 is 54.1 Å². The summed E-state index contributed by atoms with van der Waals surface area (Å²) in [6.45, 7) is 0.975. The van der Waals surface area contributed by atoms with Crippen LogP contribution in [-0.2, 0) is 40.6 Å². The smallest absolute Gasteiger partial charge is 0.399 e. The number of nitrogens with two attached hydrogens (primary N) is 2. The van der Waals surface area contributed by atoms with E-state index in [9.17, 15) is 81.3 Å². The van der Waals surface area contributed by atoms with Gasteiger partial charge in [0.2, 0.25) is 29.5 Å². The largest absolute Gasteiger partial charge is 0.508 e. The van der Waals surface area contributed by atoms with E-state index in [1.54, 1.807) is 43.3 Å². The zero-order valence-corrected chi connectivity index (χ0v) is 54.1. The molecule has 1 heterocycles. The molecule has 2 aliphatic rings. The quantitative estimate of drug-likeness (QED) is 0.0116. The van der Waals surface area contributed by atoms with Gasteiger partial charge in [-0.05, 0) is 145 Å². The van der Waals surface area contributed by atoms with Gasteiger partial charge in [-0.3, -0.25) is 47.7 Å². The molecule has 1 aliphatic carbocycles. The topological polar surface area (TPSA) is 418 Å². The van der Waals surface area contributed by atoms with E-state index in [1.807, 2.05) is 22.6 Å². The summed E-state index contributed by atoms with van der Waals surface area (Å²) in [5.74, 6) is -7.55. The fraction of sp³-hybridized carbons (Fsp3) is 0.270. The summed E-state index contributed by atoms with van der Waals surface area (Å²) in [6, 6.07) is 21.6. The Bertz CT molecular complexity index is 4080. The molecule has 5 aromatic carbocycles. The zero-order chi connectivity index (χ0) is 67.9. The van der Waals surface area contributed by atoms with Crippen LogP contribution in [0.2, 0.25) is 0 Å². The number of aryl methyl sites for hydroxylation is 1. The van der Waals surface area contributed by atoms with Gasteiger partial charge in [0.15, 0.2) is 5.43 Å². The van der Waals surface area contributed by atoms with Gasteiger partial charge in [0.05, 0.1) is 5.56 Å². The van der Waals surface area contributed by atoms with E-state index in [2.05, 4.69) is 53.1 Å². The van der Waals surface area contributed by atoms with Gasteiger partial charge in [0.25, 0.3) is 17.7 Å². The number of aromatic carboxylic acids is 1. The van der Waals surface area contributed by atoms with Gasteiger partial charge in [-0.1, -0.05) is 58.4 Å². The van der Waals surface area contributed by atoms with Gasteiger partial charge in [-0.25, -0.2) is 4.79 Å². The number of benzene rings is 6. The second-order valence-electron chi connectivity index (χ2n) is 21.4. The molecular formula is C63H64BrF2IN9O16P. The molecule has 0 radical (unpaired) electrons. The third-order valence-electron chi connectivity index (χ3n) is 14.7. The van der Waals surface area contributed by atoms with E-state index in [0.29, 0.717) is 26.5 Å². The Kier molecular flexibility index (Phi) is 24.6. The SMILES string of the molecule is Cc1ccc(C(=O)N[C@@H](Cc2ccc(C(F)(F)P(=O)(O)O)cc2)C(=O)N[C@@H](CCCNC(=O)c2cccc(I)c2)C(=O)N[C@@H](CN)C(=O)NCCC(=O)N[C@@H](CCCCNC(=O)c2ccc(-c3c4ccc(=O)cc-4oc4cc(O)ccc34)c(C(=O)O)c2)C(N)=O)cc1Br. The number of unbranched alkanes of at least 4 members (excludes halogenated alkanes) is 1. The molecule has 5 aromatic rings. The van der Waals surface area contributed by atoms with Crippen molar-refractivity contribution in [3.63, 3.8) is 0 Å². The van der Waals surface area contributed by atoms with Crippen LogP contribution in [0.4, 0.5) is 8.78 Å². The van der Waals surface area contributed by atoms with Crippen molar-refractivity contribution in [2.24, 2.45) is 11.5 Å². The van der Waals surface area contributed by atoms with Crippen LogP contribution in [0, 0.1) is 10.5 Å². The summed E-state index contributed by atoms with van der Waals surface area (Å²) in [5.41, 5.74) is 7.94. The minimum Gasteiger partial charge on any atom is -0.508 e. The lowest BCUT2D eigenvalue weighted by Gasteiger charge is -2.25. The molecule has 0 saturated heterocycles. The maximum absolute atomic E-state index is 14.6. The molecule has 490 valence electrons. The van der Waals surface area contributed by atoms with Crippen LogP contribution in [0.15, 0.2) is 135 Å². The summed E-state index contributed by atoms with van der Waals surface area (Å²) < 4.78 is 48.0. The molecule has 0 bridgehead atoms. The standard InChI is InChI=1S/C63H64BrF2IN9O16P/c1-33-10-13-37(29-46(33)64)58(83)75-49(26-34-11-15-38(16-12-34)63(65,66)93(89,90)91)61(86)74-48(9-5-24-71-56(81)35-6-4-7-39(67)27-35)60(85)76-50(32-68)59(84)72-25-22-53(79)73-47(55(69)80)8-2-3-23-70-57(82)36-14-19-42(45(28-36)62(87)88)54-43-20-17-40(77)30-51(43)92-52-31-41(78)18-21-44(52)54/h4,6-7,10-21,27-31,47-50,77H,2-3,5,8-9,22-26,32,68H2,1H3,(H2,69,80)(H,70,82)(H,71,81)(H,72,84)(H,73,79)(H,74,86)(H,75,83)(H,76,85)(H,87,88)(H2,89,90,91)/t47-,48-,49-,50-/m0/s1. The molecule has 25 nitrogen and oxygen atoms in total. The second kappa shape index (κ2) is 32.0. The molecule has 30 heteroatoms. The number of phenols is 1. The number of aromatic hydroxyl groups is 1. The number of amides is 8. The zero-order valence-electron chi connectivity index (χ0n) is 49.4. The van der Waals surface area contributed by atoms with Crippen LogP contribution in [0.25, 0.3) is 33.4 Å². The Morgan fingerprint density at radius 1 is 0.667 bits per heavy atom. The van der Waals surface area contributed by atoms with E-state index >= 15 is 0 Å². The minimum atomic E-state index is -5.94. The molecule has 7 rings (SSSR count). The molecule has 15 N–H and O–H groups in total. The maximum atomic E-state index is 14.6. The van der Waals surface area contributed by atoms with E-state index in [-0.39, 0.29) is 102 Å². The number of hydrogen-bond acceptors (Lipinski definition) is 14. The number of nitrogens with one attached hydrogen (secondary N) is 7. The van der Waals surface area contributed by atoms with Crippen LogP contribution >= 0.6 is 46.1 Å². The van der Waals surface area contributed by atoms with Gasteiger partial charge < -0.3 is 73.1 Å². The van der Waals surface area contributed by atoms with E-state index in [0.717, 1.165) is 33.4 Å². The molecular weight excluding hydrogens is 1410 g/mol. The maximum Gasteiger partial charge on any atom is 0.399 e. The van der Waals surface area contributed by atoms with Gasteiger partial charge >= 0.3 is 19.2 Å². The number of fused-ring (bicyclic) bond motifs is 2. The molecule has 1 aliphatic heterocycles. The van der Waals surface area contributed by atoms with Gasteiger partial charge in [0.1, 0.15) is 41.3 Å². The average Bonchev–Trinajstić information content (AvgIpc) is 0.751. The highest BCUT2D eigenvalue weighted by atomic mass is 127. The lowest BCUT2D eigenvalue weighted by Crippen LogP contribution is -2.58. The monoisotopic (exact) mass is 1480 g/mol. The first-order valence-electron chi connectivity index (χ1n) is 28.7. The summed E-state index contributed by atoms with van der Waals surface area (Å²) in [7, 11) is -5.94. The number of halogens is 4. The van der Waals surface area contributed by atoms with Crippen molar-refractivity contribution in [1.82, 2.24) is 37.2 Å². The fourth-order valence-corrected chi connectivity index (χ4v) is 11.1. The predicted molar refractivity (Wildman–Crippen MR) is 348 cm³/mol. The average molecular weight is 1480 g/mol. The minimum absolute atomic E-state index is 0.00645. The number of carboxylic acid groups (broad SMARTS) is 1. The van der Waals surface area contributed by atoms with Gasteiger partial charge in [-0.15, -0.1) is 0 Å². The number of carbonyl (C=O) groups excluding carboxylic acids is 8. The van der Waals surface area contributed by atoms with Crippen LogP contribution in [0.3, 0.4) is 0 Å². The van der Waals surface area contributed by atoms with E-state index < -0.39 is 116 Å². The van der Waals surface area contributed by atoms with Crippen molar-refractivity contribution in [1.29, 1.82) is 0 Å². The first-order valence-corrected chi connectivity index (χ1v) is 32.2.